The van der Waals surface area contributed by atoms with Gasteiger partial charge in [-0.2, -0.15) is 0 Å². The van der Waals surface area contributed by atoms with Gasteiger partial charge in [0, 0.05) is 29.8 Å². The fourth-order valence-corrected chi connectivity index (χ4v) is 2.86. The van der Waals surface area contributed by atoms with E-state index in [1.807, 2.05) is 13.8 Å². The number of aromatic nitrogens is 1. The van der Waals surface area contributed by atoms with Crippen LogP contribution in [0.5, 0.6) is 0 Å². The summed E-state index contributed by atoms with van der Waals surface area (Å²) in [6, 6.07) is 6.17. The molecular weight excluding hydrogens is 298 g/mol. The molecule has 3 rings (SSSR count). The highest BCUT2D eigenvalue weighted by atomic mass is 16.6. The van der Waals surface area contributed by atoms with Crippen molar-refractivity contribution in [2.24, 2.45) is 5.92 Å². The van der Waals surface area contributed by atoms with Crippen LogP contribution in [-0.4, -0.2) is 28.5 Å². The van der Waals surface area contributed by atoms with Crippen LogP contribution in [0, 0.1) is 23.0 Å². The van der Waals surface area contributed by atoms with E-state index in [-0.39, 0.29) is 23.6 Å². The maximum atomic E-state index is 12.5. The van der Waals surface area contributed by atoms with E-state index in [0.717, 1.165) is 5.69 Å². The first-order chi connectivity index (χ1) is 11.0. The van der Waals surface area contributed by atoms with E-state index in [9.17, 15) is 14.9 Å². The summed E-state index contributed by atoms with van der Waals surface area (Å²) in [4.78, 5) is 27.3. The Morgan fingerprint density at radius 1 is 1.43 bits per heavy atom. The number of amides is 1. The number of pyridine rings is 1. The van der Waals surface area contributed by atoms with Gasteiger partial charge in [0.1, 0.15) is 0 Å². The molecule has 0 radical (unpaired) electrons. The maximum absolute atomic E-state index is 12.5. The molecule has 120 valence electrons. The number of nitro groups is 1. The van der Waals surface area contributed by atoms with Crippen molar-refractivity contribution in [2.75, 3.05) is 11.9 Å². The molecule has 0 aliphatic carbocycles. The van der Waals surface area contributed by atoms with E-state index in [1.54, 1.807) is 12.1 Å². The first-order valence-electron chi connectivity index (χ1n) is 7.44. The van der Waals surface area contributed by atoms with Crippen molar-refractivity contribution < 1.29 is 14.5 Å². The lowest BCUT2D eigenvalue weighted by Crippen LogP contribution is -2.27. The number of anilines is 1. The lowest BCUT2D eigenvalue weighted by molar-refractivity contribution is -0.384. The third-order valence-corrected chi connectivity index (χ3v) is 4.10. The first-order valence-corrected chi connectivity index (χ1v) is 7.44. The monoisotopic (exact) mass is 315 g/mol. The van der Waals surface area contributed by atoms with Gasteiger partial charge in [0.15, 0.2) is 0 Å². The van der Waals surface area contributed by atoms with Gasteiger partial charge in [0.05, 0.1) is 28.1 Å². The molecule has 1 amide bonds. The predicted octanol–water partition coefficient (Wildman–Crippen LogP) is 2.81. The molecule has 1 N–H and O–H groups in total. The number of non-ortho nitro benzene ring substituents is 1. The number of nitrogens with zero attached hydrogens (tertiary/aromatic N) is 2. The summed E-state index contributed by atoms with van der Waals surface area (Å²) in [5, 5.41) is 14.4. The second-order valence-electron chi connectivity index (χ2n) is 5.73. The topological polar surface area (TPSA) is 94.4 Å². The lowest BCUT2D eigenvalue weighted by atomic mass is 10.0. The van der Waals surface area contributed by atoms with Gasteiger partial charge in [0.2, 0.25) is 5.91 Å². The minimum Gasteiger partial charge on any atom is -0.378 e. The van der Waals surface area contributed by atoms with Crippen molar-refractivity contribution in [3.63, 3.8) is 0 Å². The number of nitrogens with one attached hydrogen (secondary N) is 1. The van der Waals surface area contributed by atoms with E-state index in [0.29, 0.717) is 29.6 Å². The van der Waals surface area contributed by atoms with Crippen molar-refractivity contribution in [1.82, 2.24) is 4.98 Å². The second kappa shape index (κ2) is 5.92. The molecule has 2 heterocycles. The lowest BCUT2D eigenvalue weighted by Gasteiger charge is -2.15. The van der Waals surface area contributed by atoms with Gasteiger partial charge in [-0.25, -0.2) is 0 Å². The Bertz CT molecular complexity index is 790. The van der Waals surface area contributed by atoms with E-state index in [4.69, 9.17) is 4.74 Å². The van der Waals surface area contributed by atoms with Crippen LogP contribution >= 0.6 is 0 Å². The first kappa shape index (κ1) is 15.4. The Labute approximate surface area is 132 Å². The normalized spacial score (nSPS) is 20.6. The molecule has 0 saturated carbocycles. The fraction of sp³-hybridized carbons (Fsp3) is 0.375. The molecule has 1 aromatic heterocycles. The molecule has 2 atom stereocenters. The summed E-state index contributed by atoms with van der Waals surface area (Å²) in [6.45, 7) is 4.26. The smallest absolute Gasteiger partial charge is 0.270 e. The standard InChI is InChI=1S/C16H17N3O4/c1-9-7-15(18-16(20)12-5-6-23-10(12)2)13-8-11(19(21)22)3-4-14(13)17-9/h3-4,7-8,10,12H,5-6H2,1-2H3,(H,17,18,20)/t10-,12+/m0/s1. The van der Waals surface area contributed by atoms with Gasteiger partial charge in [-0.3, -0.25) is 19.9 Å². The van der Waals surface area contributed by atoms with Gasteiger partial charge in [0.25, 0.3) is 5.69 Å². The highest BCUT2D eigenvalue weighted by Crippen LogP contribution is 2.29. The summed E-state index contributed by atoms with van der Waals surface area (Å²) < 4.78 is 5.42. The quantitative estimate of drug-likeness (QED) is 0.694. The number of aryl methyl sites for hydroxylation is 1. The molecule has 0 unspecified atom stereocenters. The number of benzene rings is 1. The number of rotatable bonds is 3. The maximum Gasteiger partial charge on any atom is 0.270 e. The minimum atomic E-state index is -0.461. The van der Waals surface area contributed by atoms with Crippen molar-refractivity contribution in [2.45, 2.75) is 26.4 Å². The molecule has 0 spiro atoms. The highest BCUT2D eigenvalue weighted by molar-refractivity contribution is 6.02. The van der Waals surface area contributed by atoms with Crippen LogP contribution in [0.1, 0.15) is 19.0 Å². The number of hydrogen-bond acceptors (Lipinski definition) is 5. The SMILES string of the molecule is Cc1cc(NC(=O)[C@@H]2CCO[C@H]2C)c2cc([N+](=O)[O-])ccc2n1. The third-order valence-electron chi connectivity index (χ3n) is 4.10. The van der Waals surface area contributed by atoms with Crippen molar-refractivity contribution >= 4 is 28.2 Å². The number of nitro benzene ring substituents is 1. The van der Waals surface area contributed by atoms with Crippen molar-refractivity contribution in [3.05, 3.63) is 40.1 Å². The molecule has 1 aliphatic heterocycles. The van der Waals surface area contributed by atoms with Crippen LogP contribution in [0.15, 0.2) is 24.3 Å². The second-order valence-corrected chi connectivity index (χ2v) is 5.73. The van der Waals surface area contributed by atoms with Gasteiger partial charge >= 0.3 is 0 Å². The van der Waals surface area contributed by atoms with Crippen LogP contribution < -0.4 is 5.32 Å². The van der Waals surface area contributed by atoms with Crippen molar-refractivity contribution in [3.8, 4) is 0 Å². The molecular formula is C16H17N3O4. The molecule has 23 heavy (non-hydrogen) atoms. The summed E-state index contributed by atoms with van der Waals surface area (Å²) in [7, 11) is 0. The van der Waals surface area contributed by atoms with Gasteiger partial charge in [-0.05, 0) is 32.4 Å². The van der Waals surface area contributed by atoms with Crippen LogP contribution in [-0.2, 0) is 9.53 Å². The number of fused-ring (bicyclic) bond motifs is 1. The fourth-order valence-electron chi connectivity index (χ4n) is 2.86. The van der Waals surface area contributed by atoms with Crippen LogP contribution in [0.2, 0.25) is 0 Å². The Hall–Kier alpha value is -2.54. The number of carbonyl (C=O) groups is 1. The van der Waals surface area contributed by atoms with Gasteiger partial charge < -0.3 is 10.1 Å². The number of carbonyl (C=O) groups excluding carboxylic acids is 1. The molecule has 7 nitrogen and oxygen atoms in total. The average molecular weight is 315 g/mol. The third kappa shape index (κ3) is 3.00. The largest absolute Gasteiger partial charge is 0.378 e. The number of ether oxygens (including phenoxy) is 1. The molecule has 1 saturated heterocycles. The van der Waals surface area contributed by atoms with E-state index >= 15 is 0 Å². The minimum absolute atomic E-state index is 0.0313. The summed E-state index contributed by atoms with van der Waals surface area (Å²) >= 11 is 0. The van der Waals surface area contributed by atoms with E-state index in [1.165, 1.54) is 12.1 Å². The molecule has 1 aliphatic rings. The Balaban J connectivity index is 1.99. The Morgan fingerprint density at radius 3 is 2.87 bits per heavy atom. The van der Waals surface area contributed by atoms with E-state index in [2.05, 4.69) is 10.3 Å². The van der Waals surface area contributed by atoms with Crippen LogP contribution in [0.4, 0.5) is 11.4 Å². The zero-order valence-corrected chi connectivity index (χ0v) is 12.9. The molecule has 0 bridgehead atoms. The molecule has 1 aromatic carbocycles. The van der Waals surface area contributed by atoms with Crippen LogP contribution in [0.3, 0.4) is 0 Å². The molecule has 7 heteroatoms. The average Bonchev–Trinajstić information content (AvgIpc) is 2.92. The zero-order valence-electron chi connectivity index (χ0n) is 12.9. The summed E-state index contributed by atoms with van der Waals surface area (Å²) in [5.41, 5.74) is 1.86. The zero-order chi connectivity index (χ0) is 16.6. The highest BCUT2D eigenvalue weighted by Gasteiger charge is 2.31. The Kier molecular flexibility index (Phi) is 3.96. The summed E-state index contributed by atoms with van der Waals surface area (Å²) in [5.74, 6) is -0.342. The molecule has 2 aromatic rings. The van der Waals surface area contributed by atoms with Crippen molar-refractivity contribution in [1.29, 1.82) is 0 Å². The number of hydrogen-bond donors (Lipinski definition) is 1. The van der Waals surface area contributed by atoms with Gasteiger partial charge in [-0.15, -0.1) is 0 Å². The Morgan fingerprint density at radius 2 is 2.22 bits per heavy atom. The molecule has 1 fully saturated rings. The van der Waals surface area contributed by atoms with E-state index < -0.39 is 4.92 Å². The summed E-state index contributed by atoms with van der Waals surface area (Å²) in [6.07, 6.45) is 0.549. The van der Waals surface area contributed by atoms with Gasteiger partial charge in [-0.1, -0.05) is 0 Å². The predicted molar refractivity (Wildman–Crippen MR) is 85.3 cm³/mol. The van der Waals surface area contributed by atoms with Crippen LogP contribution in [0.25, 0.3) is 10.9 Å².